The zero-order chi connectivity index (χ0) is 25.2. The van der Waals surface area contributed by atoms with Gasteiger partial charge in [0.2, 0.25) is 5.91 Å². The number of hydrogen-bond donors (Lipinski definition) is 3. The summed E-state index contributed by atoms with van der Waals surface area (Å²) >= 11 is 0. The standard InChI is InChI=1S/C24H28F3N5O3/c25-24(26,27)16-3-1-2-15(10-16)23(35)29-11-21(33)30-18-13-31(14-18)19-5-7-20(8-6-19)32-12-17(28)4-9-22(32)34/h1-4,9-10,12,18-20H,5-8,11,13-14,28H2,(H,29,35)(H,30,33)/t19-,20+. The number of carbonyl (C=O) groups excluding carboxylic acids is 2. The van der Waals surface area contributed by atoms with Crippen molar-refractivity contribution in [2.45, 2.75) is 50.0 Å². The zero-order valence-electron chi connectivity index (χ0n) is 19.1. The summed E-state index contributed by atoms with van der Waals surface area (Å²) in [6.07, 6.45) is 0.802. The third-order valence-corrected chi connectivity index (χ3v) is 6.67. The number of benzene rings is 1. The first-order valence-corrected chi connectivity index (χ1v) is 11.6. The molecular weight excluding hydrogens is 463 g/mol. The third-order valence-electron chi connectivity index (χ3n) is 6.67. The number of nitrogens with one attached hydrogen (secondary N) is 2. The summed E-state index contributed by atoms with van der Waals surface area (Å²) < 4.78 is 40.1. The van der Waals surface area contributed by atoms with E-state index in [-0.39, 0.29) is 35.7 Å². The number of rotatable bonds is 6. The van der Waals surface area contributed by atoms with Crippen LogP contribution < -0.4 is 21.9 Å². The number of alkyl halides is 3. The molecule has 4 N–H and O–H groups in total. The van der Waals surface area contributed by atoms with E-state index in [4.69, 9.17) is 5.73 Å². The van der Waals surface area contributed by atoms with Gasteiger partial charge in [-0.25, -0.2) is 0 Å². The Morgan fingerprint density at radius 3 is 2.40 bits per heavy atom. The number of nitrogens with zero attached hydrogens (tertiary/aromatic N) is 2. The van der Waals surface area contributed by atoms with E-state index in [9.17, 15) is 27.6 Å². The molecule has 0 atom stereocenters. The second kappa shape index (κ2) is 10.1. The van der Waals surface area contributed by atoms with Gasteiger partial charge in [0.1, 0.15) is 0 Å². The van der Waals surface area contributed by atoms with Crippen molar-refractivity contribution in [2.75, 3.05) is 25.4 Å². The molecule has 0 bridgehead atoms. The van der Waals surface area contributed by atoms with Crippen LogP contribution in [0.2, 0.25) is 0 Å². The van der Waals surface area contributed by atoms with Crippen LogP contribution in [0, 0.1) is 0 Å². The average molecular weight is 492 g/mol. The minimum atomic E-state index is -4.55. The van der Waals surface area contributed by atoms with E-state index in [1.807, 2.05) is 0 Å². The number of halogens is 3. The molecule has 2 aliphatic rings. The first-order valence-electron chi connectivity index (χ1n) is 11.6. The lowest BCUT2D eigenvalue weighted by Gasteiger charge is -2.46. The second-order valence-corrected chi connectivity index (χ2v) is 9.15. The van der Waals surface area contributed by atoms with Crippen molar-refractivity contribution < 1.29 is 22.8 Å². The molecule has 0 radical (unpaired) electrons. The lowest BCUT2D eigenvalue weighted by atomic mass is 9.87. The lowest BCUT2D eigenvalue weighted by Crippen LogP contribution is -2.63. The van der Waals surface area contributed by atoms with Crippen molar-refractivity contribution in [1.29, 1.82) is 0 Å². The zero-order valence-corrected chi connectivity index (χ0v) is 19.1. The highest BCUT2D eigenvalue weighted by Gasteiger charge is 2.35. The maximum absolute atomic E-state index is 12.8. The van der Waals surface area contributed by atoms with Crippen LogP contribution in [0.3, 0.4) is 0 Å². The molecule has 2 amide bonds. The fourth-order valence-corrected chi connectivity index (χ4v) is 4.79. The molecule has 0 spiro atoms. The Labute approximate surface area is 200 Å². The van der Waals surface area contributed by atoms with Gasteiger partial charge in [-0.15, -0.1) is 0 Å². The molecule has 1 aromatic heterocycles. The second-order valence-electron chi connectivity index (χ2n) is 9.15. The number of nitrogens with two attached hydrogens (primary N) is 1. The van der Waals surface area contributed by atoms with Gasteiger partial charge in [-0.05, 0) is 49.9 Å². The quantitative estimate of drug-likeness (QED) is 0.574. The molecular formula is C24H28F3N5O3. The molecule has 1 aliphatic carbocycles. The summed E-state index contributed by atoms with van der Waals surface area (Å²) in [4.78, 5) is 38.7. The maximum atomic E-state index is 12.8. The summed E-state index contributed by atoms with van der Waals surface area (Å²) in [7, 11) is 0. The number of nitrogen functional groups attached to an aromatic ring is 1. The normalized spacial score (nSPS) is 21.2. The Morgan fingerprint density at radius 2 is 1.71 bits per heavy atom. The number of likely N-dealkylation sites (tertiary alicyclic amines) is 1. The van der Waals surface area contributed by atoms with Crippen molar-refractivity contribution >= 4 is 17.5 Å². The van der Waals surface area contributed by atoms with Gasteiger partial charge in [0.25, 0.3) is 11.5 Å². The molecule has 35 heavy (non-hydrogen) atoms. The minimum Gasteiger partial charge on any atom is -0.398 e. The van der Waals surface area contributed by atoms with Crippen LogP contribution in [0.15, 0.2) is 47.4 Å². The van der Waals surface area contributed by atoms with Crippen LogP contribution in [0.4, 0.5) is 18.9 Å². The molecule has 4 rings (SSSR count). The van der Waals surface area contributed by atoms with E-state index in [0.29, 0.717) is 24.8 Å². The molecule has 1 aliphatic heterocycles. The summed E-state index contributed by atoms with van der Waals surface area (Å²) in [5.41, 5.74) is 5.27. The first kappa shape index (κ1) is 24.8. The van der Waals surface area contributed by atoms with E-state index in [0.717, 1.165) is 43.9 Å². The lowest BCUT2D eigenvalue weighted by molar-refractivity contribution is -0.137. The Hall–Kier alpha value is -3.34. The van der Waals surface area contributed by atoms with E-state index in [2.05, 4.69) is 15.5 Å². The molecule has 1 aromatic carbocycles. The van der Waals surface area contributed by atoms with Gasteiger partial charge in [-0.3, -0.25) is 19.3 Å². The van der Waals surface area contributed by atoms with Crippen molar-refractivity contribution in [3.05, 3.63) is 64.1 Å². The molecule has 11 heteroatoms. The van der Waals surface area contributed by atoms with Gasteiger partial charge in [-0.1, -0.05) is 6.07 Å². The highest BCUT2D eigenvalue weighted by atomic mass is 19.4. The molecule has 1 saturated heterocycles. The van der Waals surface area contributed by atoms with Gasteiger partial charge in [0, 0.05) is 48.7 Å². The summed E-state index contributed by atoms with van der Waals surface area (Å²) in [5, 5.41) is 5.21. The van der Waals surface area contributed by atoms with Crippen molar-refractivity contribution in [3.8, 4) is 0 Å². The number of carbonyl (C=O) groups is 2. The topological polar surface area (TPSA) is 109 Å². The molecule has 0 unspecified atom stereocenters. The van der Waals surface area contributed by atoms with Gasteiger partial charge in [0.05, 0.1) is 18.2 Å². The SMILES string of the molecule is Nc1ccc(=O)n([C@H]2CC[C@@H](N3CC(NC(=O)CNC(=O)c4cccc(C(F)(F)F)c4)C3)CC2)c1. The van der Waals surface area contributed by atoms with Crippen molar-refractivity contribution in [1.82, 2.24) is 20.1 Å². The Balaban J connectivity index is 1.17. The number of anilines is 1. The molecule has 2 aromatic rings. The van der Waals surface area contributed by atoms with Gasteiger partial charge in [0.15, 0.2) is 0 Å². The third kappa shape index (κ3) is 6.02. The van der Waals surface area contributed by atoms with E-state index < -0.39 is 17.6 Å². The fourth-order valence-electron chi connectivity index (χ4n) is 4.79. The largest absolute Gasteiger partial charge is 0.416 e. The Kier molecular flexibility index (Phi) is 7.15. The van der Waals surface area contributed by atoms with Crippen molar-refractivity contribution in [2.24, 2.45) is 0 Å². The minimum absolute atomic E-state index is 0.0396. The van der Waals surface area contributed by atoms with Gasteiger partial charge < -0.3 is 20.9 Å². The Bertz CT molecular complexity index is 1140. The molecule has 1 saturated carbocycles. The highest BCUT2D eigenvalue weighted by molar-refractivity contribution is 5.96. The monoisotopic (exact) mass is 491 g/mol. The Morgan fingerprint density at radius 1 is 1.03 bits per heavy atom. The summed E-state index contributed by atoms with van der Waals surface area (Å²) in [5.74, 6) is -1.13. The van der Waals surface area contributed by atoms with Crippen LogP contribution in [0.1, 0.15) is 47.6 Å². The average Bonchev–Trinajstić information content (AvgIpc) is 2.81. The van der Waals surface area contributed by atoms with Crippen LogP contribution in [0.25, 0.3) is 0 Å². The van der Waals surface area contributed by atoms with Crippen LogP contribution >= 0.6 is 0 Å². The van der Waals surface area contributed by atoms with E-state index in [1.54, 1.807) is 16.8 Å². The molecule has 8 nitrogen and oxygen atoms in total. The molecule has 2 fully saturated rings. The van der Waals surface area contributed by atoms with Gasteiger partial charge in [-0.2, -0.15) is 13.2 Å². The highest BCUT2D eigenvalue weighted by Crippen LogP contribution is 2.32. The predicted octanol–water partition coefficient (Wildman–Crippen LogP) is 2.16. The summed E-state index contributed by atoms with van der Waals surface area (Å²) in [6, 6.07) is 7.65. The molecule has 188 valence electrons. The van der Waals surface area contributed by atoms with Crippen LogP contribution in [0.5, 0.6) is 0 Å². The number of pyridine rings is 1. The van der Waals surface area contributed by atoms with E-state index in [1.165, 1.54) is 12.1 Å². The van der Waals surface area contributed by atoms with Gasteiger partial charge >= 0.3 is 6.18 Å². The first-order chi connectivity index (χ1) is 16.6. The number of amides is 2. The molecule has 2 heterocycles. The smallest absolute Gasteiger partial charge is 0.398 e. The number of aromatic nitrogens is 1. The summed E-state index contributed by atoms with van der Waals surface area (Å²) in [6.45, 7) is 1.08. The fraction of sp³-hybridized carbons (Fsp3) is 0.458. The predicted molar refractivity (Wildman–Crippen MR) is 124 cm³/mol. The van der Waals surface area contributed by atoms with Crippen LogP contribution in [-0.2, 0) is 11.0 Å². The van der Waals surface area contributed by atoms with E-state index >= 15 is 0 Å². The maximum Gasteiger partial charge on any atom is 0.416 e. The van der Waals surface area contributed by atoms with Crippen LogP contribution in [-0.4, -0.2) is 53.0 Å². The number of hydrogen-bond acceptors (Lipinski definition) is 5. The van der Waals surface area contributed by atoms with Crippen molar-refractivity contribution in [3.63, 3.8) is 0 Å².